The first-order valence-electron chi connectivity index (χ1n) is 13.3. The molecular formula is C29H28FN3O6. The molecule has 2 N–H and O–H groups in total. The second-order valence-corrected chi connectivity index (χ2v) is 11.3. The fraction of sp³-hybridized carbons (Fsp3) is 0.448. The Morgan fingerprint density at radius 3 is 2.67 bits per heavy atom. The van der Waals surface area contributed by atoms with Crippen molar-refractivity contribution in [3.05, 3.63) is 61.7 Å². The number of ether oxygens (including phenoxy) is 1. The van der Waals surface area contributed by atoms with Gasteiger partial charge >= 0.3 is 5.97 Å². The highest BCUT2D eigenvalue weighted by molar-refractivity contribution is 5.95. The maximum absolute atomic E-state index is 15.1. The molecule has 1 fully saturated rings. The van der Waals surface area contributed by atoms with Gasteiger partial charge in [0.15, 0.2) is 5.60 Å². The van der Waals surface area contributed by atoms with Crippen LogP contribution in [0.2, 0.25) is 0 Å². The van der Waals surface area contributed by atoms with Crippen molar-refractivity contribution in [2.75, 3.05) is 7.05 Å². The first-order valence-corrected chi connectivity index (χ1v) is 13.3. The molecule has 1 amide bonds. The third-order valence-electron chi connectivity index (χ3n) is 9.26. The maximum atomic E-state index is 15.1. The molecule has 39 heavy (non-hydrogen) atoms. The number of nitrogens with zero attached hydrogens (tertiary/aromatic N) is 3. The molecule has 10 heteroatoms. The van der Waals surface area contributed by atoms with E-state index in [0.717, 1.165) is 22.1 Å². The van der Waals surface area contributed by atoms with E-state index in [9.17, 15) is 24.6 Å². The number of cyclic esters (lactones) is 1. The maximum Gasteiger partial charge on any atom is 0.343 e. The van der Waals surface area contributed by atoms with Gasteiger partial charge < -0.3 is 24.4 Å². The summed E-state index contributed by atoms with van der Waals surface area (Å²) < 4.78 is 21.8. The van der Waals surface area contributed by atoms with Crippen LogP contribution in [0.1, 0.15) is 72.0 Å². The summed E-state index contributed by atoms with van der Waals surface area (Å²) in [6.45, 7) is 3.31. The summed E-state index contributed by atoms with van der Waals surface area (Å²) >= 11 is 0. The zero-order valence-corrected chi connectivity index (χ0v) is 21.9. The third-order valence-corrected chi connectivity index (χ3v) is 9.26. The molecule has 0 unspecified atom stereocenters. The van der Waals surface area contributed by atoms with Crippen molar-refractivity contribution >= 4 is 22.8 Å². The molecule has 4 heterocycles. The van der Waals surface area contributed by atoms with E-state index in [1.165, 1.54) is 6.07 Å². The number of carbonyl (C=O) groups excluding carboxylic acids is 2. The number of amides is 1. The van der Waals surface area contributed by atoms with Gasteiger partial charge in [-0.3, -0.25) is 9.59 Å². The molecule has 0 spiro atoms. The van der Waals surface area contributed by atoms with Crippen LogP contribution >= 0.6 is 0 Å². The summed E-state index contributed by atoms with van der Waals surface area (Å²) in [4.78, 5) is 45.9. The number of esters is 1. The first-order chi connectivity index (χ1) is 18.5. The molecule has 7 rings (SSSR count). The Balaban J connectivity index is 1.51. The van der Waals surface area contributed by atoms with Crippen molar-refractivity contribution in [1.82, 2.24) is 14.5 Å². The number of hydrogen-bond acceptors (Lipinski definition) is 7. The summed E-state index contributed by atoms with van der Waals surface area (Å²) in [5.74, 6) is -1.53. The summed E-state index contributed by atoms with van der Waals surface area (Å²) in [7, 11) is 1.68. The molecule has 2 aliphatic carbocycles. The van der Waals surface area contributed by atoms with E-state index in [1.54, 1.807) is 36.4 Å². The van der Waals surface area contributed by atoms with Crippen LogP contribution < -0.4 is 5.56 Å². The van der Waals surface area contributed by atoms with Crippen molar-refractivity contribution in [3.8, 4) is 11.4 Å². The summed E-state index contributed by atoms with van der Waals surface area (Å²) in [6, 6.07) is 2.61. The number of fused-ring (bicyclic) bond motifs is 5. The van der Waals surface area contributed by atoms with Gasteiger partial charge in [-0.2, -0.15) is 0 Å². The van der Waals surface area contributed by atoms with Gasteiger partial charge in [-0.25, -0.2) is 14.2 Å². The summed E-state index contributed by atoms with van der Waals surface area (Å²) in [5.41, 5.74) is 0.951. The van der Waals surface area contributed by atoms with Gasteiger partial charge in [0, 0.05) is 29.6 Å². The van der Waals surface area contributed by atoms with Gasteiger partial charge in [0.1, 0.15) is 18.0 Å². The lowest BCUT2D eigenvalue weighted by Crippen LogP contribution is -2.44. The summed E-state index contributed by atoms with van der Waals surface area (Å²) in [5, 5.41) is 22.6. The van der Waals surface area contributed by atoms with Crippen molar-refractivity contribution in [2.24, 2.45) is 0 Å². The van der Waals surface area contributed by atoms with Gasteiger partial charge in [0.25, 0.3) is 11.5 Å². The SMILES string of the molecule is CC[C@@]1(O)C(=O)OCc2c1cc1n(c2=O)Cc2c-1nc1cc(F)c(C)c3c1c2[C@@H](N(C)C(=O)C1(O)CC1)CC3. The minimum Gasteiger partial charge on any atom is -0.458 e. The number of carbonyl (C=O) groups is 2. The Hall–Kier alpha value is -3.63. The Morgan fingerprint density at radius 1 is 1.23 bits per heavy atom. The van der Waals surface area contributed by atoms with E-state index < -0.39 is 23.2 Å². The molecule has 0 saturated heterocycles. The summed E-state index contributed by atoms with van der Waals surface area (Å²) in [6.07, 6.45) is 1.93. The molecule has 2 aliphatic heterocycles. The van der Waals surface area contributed by atoms with E-state index >= 15 is 4.39 Å². The van der Waals surface area contributed by atoms with Gasteiger partial charge in [0.2, 0.25) is 0 Å². The van der Waals surface area contributed by atoms with Gasteiger partial charge in [-0.05, 0) is 61.8 Å². The number of likely N-dealkylation sites (N-methyl/N-ethyl adjacent to an activating group) is 1. The largest absolute Gasteiger partial charge is 0.458 e. The lowest BCUT2D eigenvalue weighted by molar-refractivity contribution is -0.172. The molecule has 1 aromatic carbocycles. The average molecular weight is 534 g/mol. The zero-order valence-electron chi connectivity index (χ0n) is 21.9. The molecule has 2 atom stereocenters. The number of aryl methyl sites for hydroxylation is 1. The average Bonchev–Trinajstić information content (AvgIpc) is 3.57. The Labute approximate surface area is 222 Å². The highest BCUT2D eigenvalue weighted by atomic mass is 19.1. The van der Waals surface area contributed by atoms with Crippen LogP contribution in [-0.2, 0) is 39.5 Å². The fourth-order valence-electron chi connectivity index (χ4n) is 6.72. The molecule has 0 radical (unpaired) electrons. The number of aromatic nitrogens is 2. The van der Waals surface area contributed by atoms with Gasteiger partial charge in [-0.15, -0.1) is 0 Å². The Kier molecular flexibility index (Phi) is 4.84. The highest BCUT2D eigenvalue weighted by Crippen LogP contribution is 2.48. The number of pyridine rings is 2. The van der Waals surface area contributed by atoms with Crippen molar-refractivity contribution in [2.45, 2.75) is 76.3 Å². The highest BCUT2D eigenvalue weighted by Gasteiger charge is 2.51. The van der Waals surface area contributed by atoms with Crippen molar-refractivity contribution in [3.63, 3.8) is 0 Å². The predicted molar refractivity (Wildman–Crippen MR) is 137 cm³/mol. The minimum atomic E-state index is -1.96. The second kappa shape index (κ2) is 7.73. The smallest absolute Gasteiger partial charge is 0.343 e. The number of hydrogen-bond donors (Lipinski definition) is 2. The van der Waals surface area contributed by atoms with E-state index in [0.29, 0.717) is 48.2 Å². The molecule has 2 aromatic heterocycles. The minimum absolute atomic E-state index is 0.0245. The topological polar surface area (TPSA) is 122 Å². The quantitative estimate of drug-likeness (QED) is 0.388. The van der Waals surface area contributed by atoms with Crippen LogP contribution in [0.3, 0.4) is 0 Å². The van der Waals surface area contributed by atoms with Crippen LogP contribution in [0.4, 0.5) is 4.39 Å². The van der Waals surface area contributed by atoms with Crippen LogP contribution in [0.5, 0.6) is 0 Å². The molecule has 0 bridgehead atoms. The second-order valence-electron chi connectivity index (χ2n) is 11.3. The fourth-order valence-corrected chi connectivity index (χ4v) is 6.72. The number of aliphatic hydroxyl groups is 2. The normalized spacial score (nSPS) is 23.6. The monoisotopic (exact) mass is 533 g/mol. The molecule has 9 nitrogen and oxygen atoms in total. The van der Waals surface area contributed by atoms with Gasteiger partial charge in [-0.1, -0.05) is 6.92 Å². The molecular weight excluding hydrogens is 505 g/mol. The van der Waals surface area contributed by atoms with E-state index in [-0.39, 0.29) is 48.0 Å². The first kappa shape index (κ1) is 24.4. The van der Waals surface area contributed by atoms with Crippen molar-refractivity contribution in [1.29, 1.82) is 0 Å². The van der Waals surface area contributed by atoms with Crippen molar-refractivity contribution < 1.29 is 28.9 Å². The van der Waals surface area contributed by atoms with Crippen LogP contribution in [-0.4, -0.2) is 49.2 Å². The molecule has 4 aliphatic rings. The number of rotatable bonds is 3. The standard InChI is InChI=1S/C29H28FN3O6/c1-4-29(38)17-9-21-24-15(11-33(21)25(34)16(17)12-39-27(29)36)23-20(32(3)26(35)28(37)7-8-28)6-5-14-13(2)18(30)10-19(31-24)22(14)23/h9-10,20,37-38H,4-8,11-12H2,1-3H3/t20-,29-/m0/s1. The molecule has 202 valence electrons. The lowest BCUT2D eigenvalue weighted by atomic mass is 9.81. The predicted octanol–water partition coefficient (Wildman–Crippen LogP) is 2.50. The lowest BCUT2D eigenvalue weighted by Gasteiger charge is -2.36. The van der Waals surface area contributed by atoms with Crippen LogP contribution in [0.25, 0.3) is 22.3 Å². The number of halogens is 1. The van der Waals surface area contributed by atoms with Gasteiger partial charge in [0.05, 0.1) is 35.1 Å². The molecule has 3 aromatic rings. The molecule has 1 saturated carbocycles. The Bertz CT molecular complexity index is 1720. The van der Waals surface area contributed by atoms with Crippen LogP contribution in [0.15, 0.2) is 16.9 Å². The Morgan fingerprint density at radius 2 is 1.97 bits per heavy atom. The third kappa shape index (κ3) is 3.07. The van der Waals surface area contributed by atoms with E-state index in [1.807, 2.05) is 0 Å². The van der Waals surface area contributed by atoms with E-state index in [4.69, 9.17) is 9.72 Å². The zero-order chi connectivity index (χ0) is 27.6. The number of benzene rings is 1. The van der Waals surface area contributed by atoms with E-state index in [2.05, 4.69) is 0 Å². The van der Waals surface area contributed by atoms with Crippen LogP contribution in [0, 0.1) is 12.7 Å².